The van der Waals surface area contributed by atoms with Crippen LogP contribution in [0.2, 0.25) is 0 Å². The average Bonchev–Trinajstić information content (AvgIpc) is 0.711. The van der Waals surface area contributed by atoms with E-state index >= 15 is 0 Å². The van der Waals surface area contributed by atoms with Gasteiger partial charge in [0.05, 0.1) is 61.9 Å². The minimum absolute atomic E-state index is 0.0375. The fraction of sp³-hybridized carbons (Fsp3) is 0.523. The third-order valence-electron chi connectivity index (χ3n) is 17.3. The number of amides is 9. The normalized spacial score (nSPS) is 20.3. The number of aliphatic imine (C=N–C) groups is 1. The van der Waals surface area contributed by atoms with Crippen molar-refractivity contribution in [3.8, 4) is 23.0 Å². The van der Waals surface area contributed by atoms with Gasteiger partial charge in [-0.2, -0.15) is 0 Å². The summed E-state index contributed by atoms with van der Waals surface area (Å²) in [5.41, 5.74) is 11.4. The molecule has 0 saturated carbocycles. The Kier molecular flexibility index (Phi) is 29.4. The van der Waals surface area contributed by atoms with E-state index in [0.717, 1.165) is 0 Å². The number of nitrogens with two attached hydrogens (primary N) is 3. The summed E-state index contributed by atoms with van der Waals surface area (Å²) in [7, 11) is 1.24. The molecular formula is C65H88N12O25. The van der Waals surface area contributed by atoms with Crippen LogP contribution in [0.15, 0.2) is 47.5 Å². The first kappa shape index (κ1) is 81.0. The van der Waals surface area contributed by atoms with E-state index in [1.54, 1.807) is 6.92 Å². The third kappa shape index (κ3) is 20.4. The molecule has 2 aliphatic carbocycles. The van der Waals surface area contributed by atoms with Crippen LogP contribution in [0, 0.1) is 0 Å². The molecule has 0 aromatic heterocycles. The Morgan fingerprint density at radius 1 is 0.647 bits per heavy atom. The van der Waals surface area contributed by atoms with E-state index < -0.39 is 249 Å². The number of ketones is 3. The van der Waals surface area contributed by atoms with Gasteiger partial charge in [0.15, 0.2) is 23.8 Å². The Bertz CT molecular complexity index is 3630. The van der Waals surface area contributed by atoms with E-state index in [9.17, 15) is 109 Å². The van der Waals surface area contributed by atoms with Crippen LogP contribution in [0.1, 0.15) is 133 Å². The summed E-state index contributed by atoms with van der Waals surface area (Å²) in [6.45, 7) is -2.35. The summed E-state index contributed by atoms with van der Waals surface area (Å²) in [6, 6.07) is -4.18. The van der Waals surface area contributed by atoms with E-state index in [0.29, 0.717) is 12.8 Å². The number of hydrogen-bond acceptors (Lipinski definition) is 26. The molecule has 0 bridgehead atoms. The molecule has 558 valence electrons. The molecule has 13 atom stereocenters. The predicted octanol–water partition coefficient (Wildman–Crippen LogP) is -6.63. The summed E-state index contributed by atoms with van der Waals surface area (Å²) in [6.07, 6.45) is -8.41. The zero-order valence-electron chi connectivity index (χ0n) is 56.0. The van der Waals surface area contributed by atoms with E-state index in [-0.39, 0.29) is 71.9 Å². The van der Waals surface area contributed by atoms with Gasteiger partial charge in [-0.3, -0.25) is 62.5 Å². The quantitative estimate of drug-likeness (QED) is 0.00864. The standard InChI is InChI=1S/C65H88N12O25/c1-4-5-10-35(58(93)73-37-21-47(101-29(2)52(37)87)102-43-23-65(99,44(84)27-81)22-33-49(43)56(91)51-50(54(33)89)53(88)32-9-8-12-42(100-3)48(32)55(51)90)71-61(96)39(24-78)76-59(94)36(17-18-45(66)85)72-60(95)38(20-30-13-15-31(83)16-14-30)74-62(97)40(25-79)77-63(98)41(26-80)75-57(92)34(70-46(86)28-82)11-6-7-19-69-64(67)68/h8-9,12-16,29,34-41,43,47,52,78-83,87,89,91,99H,4-7,10-11,17-28H2,1-3H3,(H2,66,85)(H,70,86)(H,71,96)(H,72,95)(H,73,93)(H,74,97)(H,75,92)(H,76,94)(H,77,98)(H4,67,68,69)/t29-,34-,35-,36-,37-,38-,39-,40-,41-,43-,47-,52+,65-/m0/s1. The second-order valence-corrected chi connectivity index (χ2v) is 24.6. The van der Waals surface area contributed by atoms with Crippen LogP contribution in [0.25, 0.3) is 0 Å². The molecule has 102 heavy (non-hydrogen) atoms. The first-order chi connectivity index (χ1) is 48.4. The molecule has 1 saturated heterocycles. The van der Waals surface area contributed by atoms with Crippen LogP contribution in [-0.4, -0.2) is 247 Å². The molecule has 1 heterocycles. The molecule has 37 heteroatoms. The third-order valence-corrected chi connectivity index (χ3v) is 17.3. The number of phenolic OH excluding ortho intramolecular Hbond substituents is 3. The van der Waals surface area contributed by atoms with Crippen molar-refractivity contribution in [1.29, 1.82) is 0 Å². The van der Waals surface area contributed by atoms with Gasteiger partial charge < -0.3 is 125 Å². The molecule has 0 radical (unpaired) electrons. The lowest BCUT2D eigenvalue weighted by Gasteiger charge is -2.43. The van der Waals surface area contributed by atoms with Gasteiger partial charge in [-0.15, -0.1) is 0 Å². The van der Waals surface area contributed by atoms with Crippen molar-refractivity contribution >= 4 is 76.5 Å². The minimum Gasteiger partial charge on any atom is -0.508 e. The molecule has 3 aromatic carbocycles. The SMILES string of the molecule is CCCC[C@H](NC(=O)[C@H](CO)NC(=O)[C@H](CCC(N)=O)NC(=O)[C@H](Cc1ccc(O)cc1)NC(=O)[C@H](CO)NC(=O)[C@H](CO)NC(=O)[C@H](CCCCN=C(N)N)NC(=O)CO)C(=O)N[C@H]1C[C@H](O[C@H]2C[C@](O)(C(=O)CO)Cc3c(O)c4c(c(O)c32)C(=O)c2c(OC)cccc2C4=O)O[C@@H](C)[C@H]1O. The molecule has 0 unspecified atom stereocenters. The van der Waals surface area contributed by atoms with Crippen molar-refractivity contribution in [2.45, 2.75) is 169 Å². The first-order valence-corrected chi connectivity index (χ1v) is 32.6. The number of rotatable bonds is 37. The zero-order valence-corrected chi connectivity index (χ0v) is 56.0. The lowest BCUT2D eigenvalue weighted by Crippen LogP contribution is -2.62. The zero-order chi connectivity index (χ0) is 75.4. The number of fused-ring (bicyclic) bond motifs is 3. The monoisotopic (exact) mass is 1440 g/mol. The number of nitrogens with zero attached hydrogens (tertiary/aromatic N) is 1. The number of aliphatic hydroxyl groups is 7. The molecular weight excluding hydrogens is 1350 g/mol. The topological polar surface area (TPSA) is 621 Å². The maximum Gasteiger partial charge on any atom is 0.246 e. The number of carbonyl (C=O) groups excluding carboxylic acids is 12. The Hall–Kier alpha value is -9.99. The smallest absolute Gasteiger partial charge is 0.246 e. The van der Waals surface area contributed by atoms with E-state index in [2.05, 4.69) is 47.5 Å². The highest BCUT2D eigenvalue weighted by atomic mass is 16.7. The number of aliphatic hydroxyl groups excluding tert-OH is 6. The van der Waals surface area contributed by atoms with Crippen LogP contribution < -0.4 is 64.5 Å². The lowest BCUT2D eigenvalue weighted by atomic mass is 9.72. The Labute approximate surface area is 582 Å². The van der Waals surface area contributed by atoms with Gasteiger partial charge in [0.25, 0.3) is 0 Å². The maximum atomic E-state index is 14.4. The van der Waals surface area contributed by atoms with E-state index in [4.69, 9.17) is 31.4 Å². The Balaban J connectivity index is 1.17. The molecule has 37 nitrogen and oxygen atoms in total. The fourth-order valence-corrected chi connectivity index (χ4v) is 11.8. The number of Topliss-reactive ketones (excluding diaryl/α,β-unsaturated/α-hetero) is 1. The van der Waals surface area contributed by atoms with E-state index in [1.165, 1.54) is 56.5 Å². The number of guanidine groups is 1. The van der Waals surface area contributed by atoms with Crippen molar-refractivity contribution in [2.75, 3.05) is 46.7 Å². The number of methoxy groups -OCH3 is 1. The molecule has 3 aromatic rings. The summed E-state index contributed by atoms with van der Waals surface area (Å²) >= 11 is 0. The number of ether oxygens (including phenoxy) is 3. The number of benzene rings is 3. The Morgan fingerprint density at radius 2 is 1.18 bits per heavy atom. The average molecular weight is 1440 g/mol. The van der Waals surface area contributed by atoms with Crippen LogP contribution in [0.5, 0.6) is 23.0 Å². The number of phenols is 3. The number of carbonyl (C=O) groups is 12. The van der Waals surface area contributed by atoms with E-state index in [1.807, 2.05) is 0 Å². The largest absolute Gasteiger partial charge is 0.508 e. The van der Waals surface area contributed by atoms with Crippen molar-refractivity contribution in [3.05, 3.63) is 81.4 Å². The van der Waals surface area contributed by atoms with Gasteiger partial charge in [-0.1, -0.05) is 44.0 Å². The second-order valence-electron chi connectivity index (χ2n) is 24.6. The minimum atomic E-state index is -2.53. The molecule has 6 rings (SSSR count). The summed E-state index contributed by atoms with van der Waals surface area (Å²) < 4.78 is 17.6. The maximum absolute atomic E-state index is 14.4. The van der Waals surface area contributed by atoms with Crippen LogP contribution in [0.4, 0.5) is 0 Å². The highest BCUT2D eigenvalue weighted by Gasteiger charge is 2.51. The summed E-state index contributed by atoms with van der Waals surface area (Å²) in [4.78, 5) is 167. The molecule has 24 N–H and O–H groups in total. The highest BCUT2D eigenvalue weighted by Crippen LogP contribution is 2.52. The Morgan fingerprint density at radius 3 is 1.72 bits per heavy atom. The van der Waals surface area contributed by atoms with Crippen molar-refractivity contribution in [3.63, 3.8) is 0 Å². The molecule has 9 amide bonds. The molecule has 1 aliphatic heterocycles. The van der Waals surface area contributed by atoms with Crippen molar-refractivity contribution < 1.29 is 123 Å². The number of hydrogen-bond donors (Lipinski definition) is 21. The lowest BCUT2D eigenvalue weighted by molar-refractivity contribution is -0.249. The van der Waals surface area contributed by atoms with Crippen LogP contribution in [-0.2, 0) is 70.3 Å². The first-order valence-electron chi connectivity index (χ1n) is 32.6. The van der Waals surface area contributed by atoms with Gasteiger partial charge in [-0.05, 0) is 62.8 Å². The number of aromatic hydroxyl groups is 3. The summed E-state index contributed by atoms with van der Waals surface area (Å²) in [5, 5.41) is 126. The van der Waals surface area contributed by atoms with Crippen LogP contribution >= 0.6 is 0 Å². The molecule has 3 aliphatic rings. The van der Waals surface area contributed by atoms with Gasteiger partial charge >= 0.3 is 0 Å². The molecule has 1 fully saturated rings. The van der Waals surface area contributed by atoms with Gasteiger partial charge in [0.2, 0.25) is 58.9 Å². The second kappa shape index (κ2) is 37.1. The molecule has 0 spiro atoms. The van der Waals surface area contributed by atoms with Crippen molar-refractivity contribution in [1.82, 2.24) is 42.5 Å². The highest BCUT2D eigenvalue weighted by molar-refractivity contribution is 6.31. The number of primary amides is 1. The van der Waals surface area contributed by atoms with Gasteiger partial charge in [0, 0.05) is 55.3 Å². The van der Waals surface area contributed by atoms with Crippen LogP contribution in [0.3, 0.4) is 0 Å². The van der Waals surface area contributed by atoms with Gasteiger partial charge in [-0.25, -0.2) is 0 Å². The number of unbranched alkanes of at least 4 members (excludes halogenated alkanes) is 2. The van der Waals surface area contributed by atoms with Gasteiger partial charge in [0.1, 0.15) is 90.2 Å². The predicted molar refractivity (Wildman–Crippen MR) is 352 cm³/mol. The fourth-order valence-electron chi connectivity index (χ4n) is 11.8. The number of nitrogens with one attached hydrogen (secondary N) is 8. The summed E-state index contributed by atoms with van der Waals surface area (Å²) in [5.74, 6) is -15.2. The van der Waals surface area contributed by atoms with Crippen molar-refractivity contribution in [2.24, 2.45) is 22.2 Å².